The zero-order chi connectivity index (χ0) is 19.7. The van der Waals surface area contributed by atoms with Gasteiger partial charge in [0.2, 0.25) is 0 Å². The molecule has 1 aromatic heterocycles. The molecule has 3 rings (SSSR count). The highest BCUT2D eigenvalue weighted by molar-refractivity contribution is 5.90. The Kier molecular flexibility index (Phi) is 4.86. The fraction of sp³-hybridized carbons (Fsp3) is 0.182. The predicted molar refractivity (Wildman–Crippen MR) is 109 cm³/mol. The highest BCUT2D eigenvalue weighted by Gasteiger charge is 2.11. The van der Waals surface area contributed by atoms with Crippen LogP contribution in [0.25, 0.3) is 23.1 Å². The quantitative estimate of drug-likeness (QED) is 0.698. The number of fused-ring (bicyclic) bond motifs is 1. The van der Waals surface area contributed by atoms with Crippen molar-refractivity contribution in [3.63, 3.8) is 0 Å². The number of carboxylic acid groups (broad SMARTS) is 1. The molecule has 0 fully saturated rings. The molecule has 0 bridgehead atoms. The number of aryl methyl sites for hydroxylation is 2. The number of anilines is 1. The average Bonchev–Trinajstić information content (AvgIpc) is 2.60. The van der Waals surface area contributed by atoms with Gasteiger partial charge in [-0.15, -0.1) is 0 Å². The van der Waals surface area contributed by atoms with Gasteiger partial charge in [0.25, 0.3) is 0 Å². The molecule has 27 heavy (non-hydrogen) atoms. The van der Waals surface area contributed by atoms with Crippen molar-refractivity contribution in [3.05, 3.63) is 74.6 Å². The summed E-state index contributed by atoms with van der Waals surface area (Å²) < 4.78 is 5.52. The number of carbonyl (C=O) groups is 1. The molecule has 1 N–H and O–H groups in total. The van der Waals surface area contributed by atoms with Gasteiger partial charge in [-0.1, -0.05) is 18.2 Å². The van der Waals surface area contributed by atoms with Gasteiger partial charge >= 0.3 is 11.6 Å². The average molecular weight is 363 g/mol. The van der Waals surface area contributed by atoms with E-state index < -0.39 is 11.6 Å². The van der Waals surface area contributed by atoms with E-state index in [0.29, 0.717) is 16.7 Å². The molecule has 0 saturated carbocycles. The minimum absolute atomic E-state index is 0.269. The number of aromatic carboxylic acids is 1. The Bertz CT molecular complexity index is 1120. The van der Waals surface area contributed by atoms with Gasteiger partial charge in [0.1, 0.15) is 5.58 Å². The smallest absolute Gasteiger partial charge is 0.343 e. The van der Waals surface area contributed by atoms with Crippen molar-refractivity contribution in [2.75, 3.05) is 19.0 Å². The summed E-state index contributed by atoms with van der Waals surface area (Å²) in [6.07, 6.45) is 3.51. The lowest BCUT2D eigenvalue weighted by atomic mass is 10.0. The number of nitrogens with zero attached hydrogens (tertiary/aromatic N) is 1. The Labute approximate surface area is 157 Å². The molecule has 0 radical (unpaired) electrons. The van der Waals surface area contributed by atoms with Crippen LogP contribution in [0.5, 0.6) is 0 Å². The van der Waals surface area contributed by atoms with E-state index in [1.54, 1.807) is 37.3 Å². The van der Waals surface area contributed by atoms with Crippen molar-refractivity contribution in [2.45, 2.75) is 13.8 Å². The molecule has 5 heteroatoms. The summed E-state index contributed by atoms with van der Waals surface area (Å²) in [5.74, 6) is -0.953. The maximum Gasteiger partial charge on any atom is 0.343 e. The van der Waals surface area contributed by atoms with Gasteiger partial charge in [0.15, 0.2) is 0 Å². The lowest BCUT2D eigenvalue weighted by Crippen LogP contribution is -2.09. The van der Waals surface area contributed by atoms with Crippen LogP contribution in [0.1, 0.15) is 32.6 Å². The Morgan fingerprint density at radius 1 is 1.07 bits per heavy atom. The number of hydrogen-bond donors (Lipinski definition) is 1. The van der Waals surface area contributed by atoms with Crippen molar-refractivity contribution in [1.29, 1.82) is 0 Å². The van der Waals surface area contributed by atoms with E-state index in [4.69, 9.17) is 9.52 Å². The number of carboxylic acids is 1. The third-order valence-corrected chi connectivity index (χ3v) is 4.64. The van der Waals surface area contributed by atoms with E-state index in [0.717, 1.165) is 22.2 Å². The SMILES string of the molecule is Cc1cc(/C=C/c2c(C)c3ccc(N(C)C)cc3oc2=O)ccc1C(=O)O. The van der Waals surface area contributed by atoms with Crippen LogP contribution in [-0.4, -0.2) is 25.2 Å². The Balaban J connectivity index is 2.03. The van der Waals surface area contributed by atoms with Crippen molar-refractivity contribution >= 4 is 34.8 Å². The van der Waals surface area contributed by atoms with E-state index in [-0.39, 0.29) is 5.56 Å². The van der Waals surface area contributed by atoms with E-state index in [2.05, 4.69) is 0 Å². The van der Waals surface area contributed by atoms with Gasteiger partial charge in [0.05, 0.1) is 11.1 Å². The molecule has 0 amide bonds. The molecule has 0 saturated heterocycles. The minimum atomic E-state index is -0.953. The van der Waals surface area contributed by atoms with Crippen molar-refractivity contribution < 1.29 is 14.3 Å². The van der Waals surface area contributed by atoms with Crippen LogP contribution in [0.2, 0.25) is 0 Å². The maximum absolute atomic E-state index is 12.5. The zero-order valence-corrected chi connectivity index (χ0v) is 15.7. The lowest BCUT2D eigenvalue weighted by Gasteiger charge is -2.13. The third kappa shape index (κ3) is 3.62. The first-order valence-corrected chi connectivity index (χ1v) is 8.54. The van der Waals surface area contributed by atoms with Crippen LogP contribution in [0, 0.1) is 13.8 Å². The summed E-state index contributed by atoms with van der Waals surface area (Å²) in [6, 6.07) is 10.8. The molecular formula is C22H21NO4. The van der Waals surface area contributed by atoms with Crippen LogP contribution in [0.4, 0.5) is 5.69 Å². The molecule has 0 atom stereocenters. The number of hydrogen-bond acceptors (Lipinski definition) is 4. The van der Waals surface area contributed by atoms with Crippen molar-refractivity contribution in [2.24, 2.45) is 0 Å². The van der Waals surface area contributed by atoms with Crippen LogP contribution in [-0.2, 0) is 0 Å². The van der Waals surface area contributed by atoms with Crippen LogP contribution >= 0.6 is 0 Å². The molecular weight excluding hydrogens is 342 g/mol. The first-order valence-electron chi connectivity index (χ1n) is 8.54. The van der Waals surface area contributed by atoms with E-state index in [1.165, 1.54) is 0 Å². The molecule has 138 valence electrons. The van der Waals surface area contributed by atoms with E-state index in [1.807, 2.05) is 44.1 Å². The van der Waals surface area contributed by atoms with Gasteiger partial charge in [-0.25, -0.2) is 9.59 Å². The van der Waals surface area contributed by atoms with Crippen molar-refractivity contribution in [1.82, 2.24) is 0 Å². The Hall–Kier alpha value is -3.34. The summed E-state index contributed by atoms with van der Waals surface area (Å²) in [7, 11) is 3.86. The van der Waals surface area contributed by atoms with Crippen molar-refractivity contribution in [3.8, 4) is 0 Å². The molecule has 0 unspecified atom stereocenters. The van der Waals surface area contributed by atoms with Crippen LogP contribution in [0.15, 0.2) is 45.6 Å². The van der Waals surface area contributed by atoms with E-state index in [9.17, 15) is 9.59 Å². The molecule has 3 aromatic rings. The summed E-state index contributed by atoms with van der Waals surface area (Å²) in [6.45, 7) is 3.64. The summed E-state index contributed by atoms with van der Waals surface area (Å²) in [4.78, 5) is 25.5. The fourth-order valence-electron chi connectivity index (χ4n) is 3.04. The molecule has 1 heterocycles. The molecule has 0 aliphatic heterocycles. The number of rotatable bonds is 4. The van der Waals surface area contributed by atoms with Gasteiger partial charge in [0, 0.05) is 31.2 Å². The molecule has 0 aliphatic rings. The largest absolute Gasteiger partial charge is 0.478 e. The molecule has 2 aromatic carbocycles. The van der Waals surface area contributed by atoms with Crippen LogP contribution in [0.3, 0.4) is 0 Å². The van der Waals surface area contributed by atoms with Crippen LogP contribution < -0.4 is 10.5 Å². The topological polar surface area (TPSA) is 70.8 Å². The van der Waals surface area contributed by atoms with Gasteiger partial charge in [-0.2, -0.15) is 0 Å². The second kappa shape index (κ2) is 7.11. The Morgan fingerprint density at radius 3 is 2.44 bits per heavy atom. The lowest BCUT2D eigenvalue weighted by molar-refractivity contribution is 0.0696. The normalized spacial score (nSPS) is 11.3. The highest BCUT2D eigenvalue weighted by atomic mass is 16.4. The maximum atomic E-state index is 12.5. The second-order valence-electron chi connectivity index (χ2n) is 6.72. The second-order valence-corrected chi connectivity index (χ2v) is 6.72. The summed E-state index contributed by atoms with van der Waals surface area (Å²) >= 11 is 0. The fourth-order valence-corrected chi connectivity index (χ4v) is 3.04. The predicted octanol–water partition coefficient (Wildman–Crippen LogP) is 4.34. The third-order valence-electron chi connectivity index (χ3n) is 4.64. The number of benzene rings is 2. The van der Waals surface area contributed by atoms with Gasteiger partial charge in [-0.05, 0) is 54.8 Å². The highest BCUT2D eigenvalue weighted by Crippen LogP contribution is 2.25. The van der Waals surface area contributed by atoms with Gasteiger partial charge in [-0.3, -0.25) is 0 Å². The Morgan fingerprint density at radius 2 is 1.81 bits per heavy atom. The summed E-state index contributed by atoms with van der Waals surface area (Å²) in [5, 5.41) is 10.0. The first kappa shape index (κ1) is 18.5. The molecule has 0 aliphatic carbocycles. The van der Waals surface area contributed by atoms with Gasteiger partial charge < -0.3 is 14.4 Å². The minimum Gasteiger partial charge on any atom is -0.478 e. The monoisotopic (exact) mass is 363 g/mol. The summed E-state index contributed by atoms with van der Waals surface area (Å²) in [5.41, 5.74) is 4.21. The molecule has 0 spiro atoms. The van der Waals surface area contributed by atoms with E-state index >= 15 is 0 Å². The molecule has 5 nitrogen and oxygen atoms in total. The first-order chi connectivity index (χ1) is 12.8. The standard InChI is InChI=1S/C22H21NO4/c1-13-11-15(5-8-17(13)21(24)25)6-9-19-14(2)18-10-7-16(23(3)4)12-20(18)27-22(19)26/h5-12H,1-4H3,(H,24,25)/b9-6+. The zero-order valence-electron chi connectivity index (χ0n) is 15.7.